The Bertz CT molecular complexity index is 438. The molecular formula is C15H21F2NO2. The molecular weight excluding hydrogens is 264 g/mol. The summed E-state index contributed by atoms with van der Waals surface area (Å²) in [6.45, 7) is 1.20. The molecule has 0 aromatic heterocycles. The van der Waals surface area contributed by atoms with Gasteiger partial charge in [-0.05, 0) is 25.3 Å². The average molecular weight is 285 g/mol. The van der Waals surface area contributed by atoms with E-state index in [9.17, 15) is 13.9 Å². The van der Waals surface area contributed by atoms with Gasteiger partial charge in [0.1, 0.15) is 0 Å². The molecule has 1 saturated carbocycles. The van der Waals surface area contributed by atoms with Crippen molar-refractivity contribution in [3.8, 4) is 0 Å². The number of halogens is 2. The van der Waals surface area contributed by atoms with Crippen LogP contribution in [0.1, 0.15) is 37.4 Å². The van der Waals surface area contributed by atoms with Crippen LogP contribution in [0, 0.1) is 11.6 Å². The number of hydrogen-bond donors (Lipinski definition) is 2. The largest absolute Gasteiger partial charge is 0.395 e. The Morgan fingerprint density at radius 2 is 2.00 bits per heavy atom. The third-order valence-corrected chi connectivity index (χ3v) is 4.01. The van der Waals surface area contributed by atoms with Crippen LogP contribution in [0.25, 0.3) is 0 Å². The lowest BCUT2D eigenvalue weighted by molar-refractivity contribution is 0.0754. The Balaban J connectivity index is 1.92. The number of rotatable bonds is 7. The maximum atomic E-state index is 13.6. The first-order valence-electron chi connectivity index (χ1n) is 7.10. The van der Waals surface area contributed by atoms with Crippen LogP contribution >= 0.6 is 0 Å². The summed E-state index contributed by atoms with van der Waals surface area (Å²) in [7, 11) is 0. The fourth-order valence-corrected chi connectivity index (χ4v) is 2.58. The highest BCUT2D eigenvalue weighted by Crippen LogP contribution is 2.27. The molecule has 0 bridgehead atoms. The van der Waals surface area contributed by atoms with Gasteiger partial charge < -0.3 is 10.2 Å². The molecule has 0 amide bonds. The van der Waals surface area contributed by atoms with Crippen LogP contribution in [0.5, 0.6) is 0 Å². The first kappa shape index (κ1) is 15.4. The molecule has 5 heteroatoms. The van der Waals surface area contributed by atoms with Gasteiger partial charge in [0.2, 0.25) is 0 Å². The number of aliphatic hydroxyl groups is 2. The maximum Gasteiger partial charge on any atom is 0.164 e. The van der Waals surface area contributed by atoms with Gasteiger partial charge in [0.05, 0.1) is 12.7 Å². The predicted octanol–water partition coefficient (Wildman–Crippen LogP) is 2.24. The van der Waals surface area contributed by atoms with E-state index < -0.39 is 17.7 Å². The highest BCUT2D eigenvalue weighted by atomic mass is 19.2. The van der Waals surface area contributed by atoms with Crippen molar-refractivity contribution in [2.45, 2.75) is 37.8 Å². The van der Waals surface area contributed by atoms with Crippen molar-refractivity contribution in [1.29, 1.82) is 0 Å². The van der Waals surface area contributed by atoms with Gasteiger partial charge in [0.15, 0.2) is 11.6 Å². The van der Waals surface area contributed by atoms with Gasteiger partial charge >= 0.3 is 0 Å². The normalized spacial score (nSPS) is 17.2. The second-order valence-corrected chi connectivity index (χ2v) is 5.29. The molecule has 2 N–H and O–H groups in total. The van der Waals surface area contributed by atoms with Gasteiger partial charge in [-0.25, -0.2) is 8.78 Å². The molecule has 1 aliphatic carbocycles. The second kappa shape index (κ2) is 7.11. The minimum atomic E-state index is -1.02. The zero-order valence-electron chi connectivity index (χ0n) is 11.4. The second-order valence-electron chi connectivity index (χ2n) is 5.29. The quantitative estimate of drug-likeness (QED) is 0.807. The third-order valence-electron chi connectivity index (χ3n) is 4.01. The monoisotopic (exact) mass is 285 g/mol. The van der Waals surface area contributed by atoms with Gasteiger partial charge in [-0.1, -0.05) is 18.6 Å². The zero-order valence-corrected chi connectivity index (χ0v) is 11.4. The predicted molar refractivity (Wildman–Crippen MR) is 72.2 cm³/mol. The summed E-state index contributed by atoms with van der Waals surface area (Å²) in [6.07, 6.45) is 2.70. The molecule has 3 nitrogen and oxygen atoms in total. The van der Waals surface area contributed by atoms with Crippen molar-refractivity contribution in [3.63, 3.8) is 0 Å². The molecule has 112 valence electrons. The topological polar surface area (TPSA) is 43.7 Å². The molecule has 0 saturated heterocycles. The highest BCUT2D eigenvalue weighted by Gasteiger charge is 2.25. The van der Waals surface area contributed by atoms with E-state index in [1.165, 1.54) is 18.6 Å². The Kier molecular flexibility index (Phi) is 5.46. The number of benzene rings is 1. The van der Waals surface area contributed by atoms with Crippen LogP contribution in [0.2, 0.25) is 0 Å². The first-order valence-corrected chi connectivity index (χ1v) is 7.10. The molecule has 1 atom stereocenters. The zero-order chi connectivity index (χ0) is 14.5. The highest BCUT2D eigenvalue weighted by molar-refractivity contribution is 5.21. The van der Waals surface area contributed by atoms with Crippen molar-refractivity contribution >= 4 is 0 Å². The summed E-state index contributed by atoms with van der Waals surface area (Å²) in [5.74, 6) is -1.91. The third kappa shape index (κ3) is 3.53. The van der Waals surface area contributed by atoms with Crippen LogP contribution < -0.4 is 0 Å². The molecule has 1 aromatic carbocycles. The summed E-state index contributed by atoms with van der Waals surface area (Å²) < 4.78 is 26.7. The van der Waals surface area contributed by atoms with E-state index in [2.05, 4.69) is 4.90 Å². The van der Waals surface area contributed by atoms with Crippen molar-refractivity contribution in [2.24, 2.45) is 0 Å². The fraction of sp³-hybridized carbons (Fsp3) is 0.600. The van der Waals surface area contributed by atoms with Gasteiger partial charge in [0.25, 0.3) is 0 Å². The molecule has 0 aliphatic heterocycles. The van der Waals surface area contributed by atoms with E-state index in [4.69, 9.17) is 5.11 Å². The van der Waals surface area contributed by atoms with E-state index >= 15 is 0 Å². The van der Waals surface area contributed by atoms with Gasteiger partial charge in [-0.15, -0.1) is 0 Å². The van der Waals surface area contributed by atoms with Crippen LogP contribution in [-0.4, -0.2) is 40.9 Å². The SMILES string of the molecule is OCCN(CCC(O)c1cccc(F)c1F)C1CCC1. The number of hydrogen-bond acceptors (Lipinski definition) is 3. The molecule has 1 fully saturated rings. The average Bonchev–Trinajstić information content (AvgIpc) is 2.37. The summed E-state index contributed by atoms with van der Waals surface area (Å²) >= 11 is 0. The summed E-state index contributed by atoms with van der Waals surface area (Å²) in [6, 6.07) is 4.29. The van der Waals surface area contributed by atoms with Crippen molar-refractivity contribution < 1.29 is 19.0 Å². The van der Waals surface area contributed by atoms with E-state index in [1.807, 2.05) is 0 Å². The Morgan fingerprint density at radius 1 is 1.25 bits per heavy atom. The molecule has 2 rings (SSSR count). The van der Waals surface area contributed by atoms with Crippen LogP contribution in [0.3, 0.4) is 0 Å². The van der Waals surface area contributed by atoms with Crippen molar-refractivity contribution in [2.75, 3.05) is 19.7 Å². The Hall–Kier alpha value is -1.04. The Labute approximate surface area is 117 Å². The summed E-state index contributed by atoms with van der Waals surface area (Å²) in [5.41, 5.74) is 0.00237. The summed E-state index contributed by atoms with van der Waals surface area (Å²) in [4.78, 5) is 2.12. The lowest BCUT2D eigenvalue weighted by Crippen LogP contribution is -2.42. The molecule has 0 radical (unpaired) electrons. The minimum Gasteiger partial charge on any atom is -0.395 e. The van der Waals surface area contributed by atoms with Crippen LogP contribution in [-0.2, 0) is 0 Å². The minimum absolute atomic E-state index is 0.00237. The van der Waals surface area contributed by atoms with Crippen LogP contribution in [0.15, 0.2) is 18.2 Å². The van der Waals surface area contributed by atoms with Crippen molar-refractivity contribution in [3.05, 3.63) is 35.4 Å². The van der Waals surface area contributed by atoms with E-state index in [0.717, 1.165) is 18.9 Å². The van der Waals surface area contributed by atoms with E-state index in [-0.39, 0.29) is 12.2 Å². The van der Waals surface area contributed by atoms with E-state index in [0.29, 0.717) is 25.6 Å². The molecule has 1 aliphatic rings. The molecule has 0 spiro atoms. The number of nitrogens with zero attached hydrogens (tertiary/aromatic N) is 1. The van der Waals surface area contributed by atoms with Crippen LogP contribution in [0.4, 0.5) is 8.78 Å². The Morgan fingerprint density at radius 3 is 2.60 bits per heavy atom. The lowest BCUT2D eigenvalue weighted by atomic mass is 9.91. The lowest BCUT2D eigenvalue weighted by Gasteiger charge is -2.37. The van der Waals surface area contributed by atoms with Gasteiger partial charge in [-0.2, -0.15) is 0 Å². The number of aliphatic hydroxyl groups excluding tert-OH is 2. The smallest absolute Gasteiger partial charge is 0.164 e. The van der Waals surface area contributed by atoms with Gasteiger partial charge in [0, 0.05) is 24.7 Å². The van der Waals surface area contributed by atoms with E-state index in [1.54, 1.807) is 0 Å². The fourth-order valence-electron chi connectivity index (χ4n) is 2.58. The maximum absolute atomic E-state index is 13.6. The molecule has 20 heavy (non-hydrogen) atoms. The molecule has 0 heterocycles. The standard InChI is InChI=1S/C15H21F2NO2/c16-13-6-2-5-12(15(13)17)14(20)7-8-18(9-10-19)11-3-1-4-11/h2,5-6,11,14,19-20H,1,3-4,7-10H2. The molecule has 1 aromatic rings. The van der Waals surface area contributed by atoms with Crippen molar-refractivity contribution in [1.82, 2.24) is 4.90 Å². The molecule has 1 unspecified atom stereocenters. The van der Waals surface area contributed by atoms with Gasteiger partial charge in [-0.3, -0.25) is 4.90 Å². The summed E-state index contributed by atoms with van der Waals surface area (Å²) in [5, 5.41) is 19.1. The first-order chi connectivity index (χ1) is 9.63.